The van der Waals surface area contributed by atoms with Gasteiger partial charge in [-0.1, -0.05) is 19.8 Å². The first-order valence-corrected chi connectivity index (χ1v) is 10.3. The Morgan fingerprint density at radius 1 is 1.04 bits per heavy atom. The van der Waals surface area contributed by atoms with E-state index < -0.39 is 11.6 Å². The van der Waals surface area contributed by atoms with Crippen LogP contribution < -0.4 is 14.2 Å². The van der Waals surface area contributed by atoms with Crippen LogP contribution in [0, 0.1) is 36.0 Å². The predicted octanol–water partition coefficient (Wildman–Crippen LogP) is 3.57. The van der Waals surface area contributed by atoms with Crippen molar-refractivity contribution in [2.45, 2.75) is 52.1 Å². The lowest BCUT2D eigenvalue weighted by atomic mass is 9.78. The van der Waals surface area contributed by atoms with Crippen molar-refractivity contribution in [1.29, 1.82) is 0 Å². The largest absolute Gasteiger partial charge is 0.480 e. The maximum atomic E-state index is 6.57. The molecule has 4 aliphatic rings. The van der Waals surface area contributed by atoms with Gasteiger partial charge in [0.05, 0.1) is 13.2 Å². The molecule has 5 nitrogen and oxygen atoms in total. The molecule has 28 heavy (non-hydrogen) atoms. The van der Waals surface area contributed by atoms with Crippen LogP contribution in [-0.2, 0) is 22.3 Å². The van der Waals surface area contributed by atoms with E-state index >= 15 is 0 Å². The fourth-order valence-electron chi connectivity index (χ4n) is 5.47. The van der Waals surface area contributed by atoms with Crippen LogP contribution >= 0.6 is 0 Å². The van der Waals surface area contributed by atoms with Gasteiger partial charge in [-0.3, -0.25) is 0 Å². The van der Waals surface area contributed by atoms with Gasteiger partial charge in [0.1, 0.15) is 23.9 Å². The molecule has 2 fully saturated rings. The number of benzene rings is 1. The monoisotopic (exact) mass is 384 g/mol. The summed E-state index contributed by atoms with van der Waals surface area (Å²) in [5, 5.41) is 0. The van der Waals surface area contributed by atoms with E-state index in [1.54, 1.807) is 0 Å². The number of rotatable bonds is 2. The molecular weight excluding hydrogens is 356 g/mol. The van der Waals surface area contributed by atoms with Crippen molar-refractivity contribution in [3.63, 3.8) is 0 Å². The van der Waals surface area contributed by atoms with E-state index in [-0.39, 0.29) is 12.5 Å². The Kier molecular flexibility index (Phi) is 3.92. The molecule has 4 aliphatic heterocycles. The molecule has 5 heteroatoms. The lowest BCUT2D eigenvalue weighted by molar-refractivity contribution is -0.174. The van der Waals surface area contributed by atoms with Crippen LogP contribution in [-0.4, -0.2) is 31.4 Å². The van der Waals surface area contributed by atoms with Gasteiger partial charge in [0.15, 0.2) is 0 Å². The minimum Gasteiger partial charge on any atom is -0.480 e. The van der Waals surface area contributed by atoms with Crippen LogP contribution in [0.3, 0.4) is 0 Å². The average molecular weight is 384 g/mol. The number of ether oxygens (including phenoxy) is 5. The molecule has 0 bridgehead atoms. The Bertz CT molecular complexity index is 858. The summed E-state index contributed by atoms with van der Waals surface area (Å²) in [7, 11) is 0. The number of fused-ring (bicyclic) bond motifs is 5. The topological polar surface area (TPSA) is 46.2 Å². The van der Waals surface area contributed by atoms with Crippen molar-refractivity contribution in [3.8, 4) is 29.6 Å². The van der Waals surface area contributed by atoms with Gasteiger partial charge in [-0.25, -0.2) is 0 Å². The molecule has 0 aromatic heterocycles. The van der Waals surface area contributed by atoms with Gasteiger partial charge >= 0.3 is 0 Å². The molecule has 1 aromatic rings. The molecule has 5 rings (SSSR count). The van der Waals surface area contributed by atoms with Gasteiger partial charge in [0, 0.05) is 42.9 Å². The third-order valence-electron chi connectivity index (χ3n) is 7.17. The molecule has 0 unspecified atom stereocenters. The van der Waals surface area contributed by atoms with E-state index in [2.05, 4.69) is 26.7 Å². The summed E-state index contributed by atoms with van der Waals surface area (Å²) in [6.45, 7) is 10.2. The van der Waals surface area contributed by atoms with Gasteiger partial charge < -0.3 is 23.7 Å². The Balaban J connectivity index is 1.63. The predicted molar refractivity (Wildman–Crippen MR) is 103 cm³/mol. The van der Waals surface area contributed by atoms with Gasteiger partial charge in [-0.15, -0.1) is 6.42 Å². The highest BCUT2D eigenvalue weighted by molar-refractivity contribution is 5.60. The lowest BCUT2D eigenvalue weighted by Gasteiger charge is -2.43. The number of hydrogen-bond acceptors (Lipinski definition) is 5. The first-order valence-electron chi connectivity index (χ1n) is 10.3. The molecule has 0 radical (unpaired) electrons. The smallest absolute Gasteiger partial charge is 0.211 e. The van der Waals surface area contributed by atoms with Crippen molar-refractivity contribution in [3.05, 3.63) is 17.2 Å². The van der Waals surface area contributed by atoms with E-state index in [0.717, 1.165) is 41.2 Å². The second kappa shape index (κ2) is 6.05. The van der Waals surface area contributed by atoms with Gasteiger partial charge in [-0.2, -0.15) is 0 Å². The standard InChI is InChI=1S/C23H28O5/c1-6-7-24-19-10-20-16(9-17-13(2)11-25-22(17,4)27-20)21-15(19)8-18-14(3)12-26-23(18,5)28-21/h1,10,13-14,17-18H,7-9,11-12H2,2-5H3/t13-,14-,17+,18+,22+,23+/m0/s1. The van der Waals surface area contributed by atoms with Crippen LogP contribution in [0.5, 0.6) is 17.2 Å². The zero-order valence-corrected chi connectivity index (χ0v) is 17.0. The zero-order valence-electron chi connectivity index (χ0n) is 17.0. The quantitative estimate of drug-likeness (QED) is 0.730. The lowest BCUT2D eigenvalue weighted by Crippen LogP contribution is -2.46. The maximum Gasteiger partial charge on any atom is 0.211 e. The second-order valence-corrected chi connectivity index (χ2v) is 9.09. The Labute approximate surface area is 166 Å². The zero-order chi connectivity index (χ0) is 19.7. The molecule has 2 saturated heterocycles. The third-order valence-corrected chi connectivity index (χ3v) is 7.17. The number of hydrogen-bond donors (Lipinski definition) is 0. The van der Waals surface area contributed by atoms with Gasteiger partial charge in [0.25, 0.3) is 0 Å². The number of terminal acetylenes is 1. The van der Waals surface area contributed by atoms with Crippen molar-refractivity contribution >= 4 is 0 Å². The van der Waals surface area contributed by atoms with Crippen LogP contribution in [0.2, 0.25) is 0 Å². The summed E-state index contributed by atoms with van der Waals surface area (Å²) in [6.07, 6.45) is 7.17. The minimum absolute atomic E-state index is 0.215. The second-order valence-electron chi connectivity index (χ2n) is 9.09. The molecule has 0 saturated carbocycles. The highest BCUT2D eigenvalue weighted by atomic mass is 16.7. The summed E-state index contributed by atoms with van der Waals surface area (Å²) in [4.78, 5) is 0. The SMILES string of the molecule is C#CCOc1cc2c(c3c1C[C@@H]1[C@@H](C)CO[C@]1(C)O3)C[C@@H]1[C@@H](C)CO[C@]1(C)O2. The fourth-order valence-corrected chi connectivity index (χ4v) is 5.47. The van der Waals surface area contributed by atoms with E-state index in [1.165, 1.54) is 0 Å². The molecule has 1 aromatic carbocycles. The minimum atomic E-state index is -0.608. The van der Waals surface area contributed by atoms with E-state index in [4.69, 9.17) is 30.1 Å². The maximum absolute atomic E-state index is 6.57. The first-order chi connectivity index (χ1) is 13.3. The summed E-state index contributed by atoms with van der Waals surface area (Å²) in [5.74, 6) is 5.17. The third kappa shape index (κ3) is 2.47. The van der Waals surface area contributed by atoms with Gasteiger partial charge in [-0.05, 0) is 24.7 Å². The van der Waals surface area contributed by atoms with Gasteiger partial charge in [0.2, 0.25) is 11.6 Å². The highest BCUT2D eigenvalue weighted by Crippen LogP contribution is 2.55. The molecule has 0 aliphatic carbocycles. The molecule has 150 valence electrons. The molecule has 0 amide bonds. The summed E-state index contributed by atoms with van der Waals surface area (Å²) >= 11 is 0. The average Bonchev–Trinajstić information content (AvgIpc) is 3.12. The Hall–Kier alpha value is -1.90. The summed E-state index contributed by atoms with van der Waals surface area (Å²) in [5.41, 5.74) is 2.19. The van der Waals surface area contributed by atoms with Crippen LogP contribution in [0.25, 0.3) is 0 Å². The summed E-state index contributed by atoms with van der Waals surface area (Å²) < 4.78 is 31.0. The molecule has 0 N–H and O–H groups in total. The van der Waals surface area contributed by atoms with Crippen molar-refractivity contribution < 1.29 is 23.7 Å². The van der Waals surface area contributed by atoms with E-state index in [1.807, 2.05) is 13.0 Å². The molecule has 6 atom stereocenters. The van der Waals surface area contributed by atoms with Crippen LogP contribution in [0.15, 0.2) is 6.07 Å². The van der Waals surface area contributed by atoms with E-state index in [0.29, 0.717) is 31.0 Å². The molecule has 4 heterocycles. The fraction of sp³-hybridized carbons (Fsp3) is 0.652. The Morgan fingerprint density at radius 3 is 2.29 bits per heavy atom. The van der Waals surface area contributed by atoms with E-state index in [9.17, 15) is 0 Å². The van der Waals surface area contributed by atoms with Crippen LogP contribution in [0.4, 0.5) is 0 Å². The molecular formula is C23H28O5. The van der Waals surface area contributed by atoms with Crippen molar-refractivity contribution in [1.82, 2.24) is 0 Å². The Morgan fingerprint density at radius 2 is 1.64 bits per heavy atom. The summed E-state index contributed by atoms with van der Waals surface area (Å²) in [6, 6.07) is 1.98. The molecule has 0 spiro atoms. The normalized spacial score (nSPS) is 40.2. The first kappa shape index (κ1) is 18.1. The van der Waals surface area contributed by atoms with Crippen molar-refractivity contribution in [2.24, 2.45) is 23.7 Å². The van der Waals surface area contributed by atoms with Crippen LogP contribution in [0.1, 0.15) is 38.8 Å². The highest BCUT2D eigenvalue weighted by Gasteiger charge is 2.54. The van der Waals surface area contributed by atoms with Crippen molar-refractivity contribution in [2.75, 3.05) is 19.8 Å².